The predicted octanol–water partition coefficient (Wildman–Crippen LogP) is 2.22. The fraction of sp³-hybridized carbons (Fsp3) is 0. The Morgan fingerprint density at radius 1 is 1.33 bits per heavy atom. The zero-order valence-electron chi connectivity index (χ0n) is 7.61. The number of nitrogens with zero attached hydrogens (tertiary/aromatic N) is 1. The molecular formula is C10H7ClN2O2. The van der Waals surface area contributed by atoms with Gasteiger partial charge in [-0.1, -0.05) is 23.7 Å². The summed E-state index contributed by atoms with van der Waals surface area (Å²) >= 11 is 5.88. The van der Waals surface area contributed by atoms with E-state index < -0.39 is 0 Å². The summed E-state index contributed by atoms with van der Waals surface area (Å²) in [6, 6.07) is 8.31. The largest absolute Gasteiger partial charge is 0.454 e. The van der Waals surface area contributed by atoms with Crippen LogP contribution < -0.4 is 10.3 Å². The van der Waals surface area contributed by atoms with Gasteiger partial charge in [0.15, 0.2) is 5.75 Å². The fourth-order valence-corrected chi connectivity index (χ4v) is 1.24. The van der Waals surface area contributed by atoms with Gasteiger partial charge < -0.3 is 4.74 Å². The molecule has 0 fully saturated rings. The molecule has 2 aromatic rings. The Kier molecular flexibility index (Phi) is 2.69. The number of aromatic nitrogens is 2. The lowest BCUT2D eigenvalue weighted by Gasteiger charge is -2.05. The van der Waals surface area contributed by atoms with E-state index in [9.17, 15) is 4.79 Å². The number of hydrogen-bond donors (Lipinski definition) is 1. The predicted molar refractivity (Wildman–Crippen MR) is 56.4 cm³/mol. The molecule has 0 saturated heterocycles. The summed E-state index contributed by atoms with van der Waals surface area (Å²) in [6.45, 7) is 0. The third kappa shape index (κ3) is 2.35. The highest BCUT2D eigenvalue weighted by atomic mass is 35.5. The van der Waals surface area contributed by atoms with Gasteiger partial charge >= 0.3 is 0 Å². The van der Waals surface area contributed by atoms with Crippen molar-refractivity contribution in [1.82, 2.24) is 10.2 Å². The molecule has 1 heterocycles. The summed E-state index contributed by atoms with van der Waals surface area (Å²) in [5.41, 5.74) is -0.320. The molecule has 0 unspecified atom stereocenters. The van der Waals surface area contributed by atoms with Gasteiger partial charge in [0.05, 0.1) is 11.2 Å². The topological polar surface area (TPSA) is 55.0 Å². The van der Waals surface area contributed by atoms with Crippen LogP contribution in [0.25, 0.3) is 0 Å². The van der Waals surface area contributed by atoms with Gasteiger partial charge in [-0.3, -0.25) is 4.79 Å². The third-order valence-electron chi connectivity index (χ3n) is 1.70. The molecule has 1 aromatic carbocycles. The highest BCUT2D eigenvalue weighted by Gasteiger charge is 2.02. The summed E-state index contributed by atoms with van der Waals surface area (Å²) in [4.78, 5) is 10.9. The molecular weight excluding hydrogens is 216 g/mol. The van der Waals surface area contributed by atoms with Crippen molar-refractivity contribution < 1.29 is 4.74 Å². The van der Waals surface area contributed by atoms with Crippen molar-refractivity contribution in [2.75, 3.05) is 0 Å². The molecule has 0 saturated carbocycles. The van der Waals surface area contributed by atoms with Crippen molar-refractivity contribution in [3.8, 4) is 11.5 Å². The first-order valence-electron chi connectivity index (χ1n) is 4.23. The molecule has 2 rings (SSSR count). The van der Waals surface area contributed by atoms with E-state index in [2.05, 4.69) is 10.2 Å². The first-order chi connectivity index (χ1) is 7.25. The van der Waals surface area contributed by atoms with Crippen LogP contribution in [0.1, 0.15) is 0 Å². The number of aromatic amines is 1. The summed E-state index contributed by atoms with van der Waals surface area (Å²) in [5.74, 6) is 0.846. The SMILES string of the molecule is O=c1cc(Oc2ccccc2Cl)cn[nH]1. The molecule has 4 nitrogen and oxygen atoms in total. The van der Waals surface area contributed by atoms with Crippen LogP contribution in [0.5, 0.6) is 11.5 Å². The molecule has 0 bridgehead atoms. The molecule has 1 N–H and O–H groups in total. The highest BCUT2D eigenvalue weighted by Crippen LogP contribution is 2.27. The van der Waals surface area contributed by atoms with Crippen LogP contribution >= 0.6 is 11.6 Å². The molecule has 0 amide bonds. The van der Waals surface area contributed by atoms with Gasteiger partial charge in [0, 0.05) is 6.07 Å². The second-order valence-electron chi connectivity index (χ2n) is 2.81. The van der Waals surface area contributed by atoms with Crippen LogP contribution in [0.2, 0.25) is 5.02 Å². The standard InChI is InChI=1S/C10H7ClN2O2/c11-8-3-1-2-4-9(8)15-7-5-10(14)13-12-6-7/h1-6H,(H,13,14). The Morgan fingerprint density at radius 3 is 2.87 bits per heavy atom. The van der Waals surface area contributed by atoms with Crippen molar-refractivity contribution >= 4 is 11.6 Å². The van der Waals surface area contributed by atoms with Gasteiger partial charge in [0.1, 0.15) is 5.75 Å². The van der Waals surface area contributed by atoms with Crippen LogP contribution in [0, 0.1) is 0 Å². The Morgan fingerprint density at radius 2 is 2.13 bits per heavy atom. The molecule has 0 spiro atoms. The Labute approximate surface area is 90.5 Å². The molecule has 5 heteroatoms. The molecule has 1 aromatic heterocycles. The maximum Gasteiger partial charge on any atom is 0.267 e. The maximum absolute atomic E-state index is 10.9. The lowest BCUT2D eigenvalue weighted by atomic mass is 10.3. The number of nitrogens with one attached hydrogen (secondary N) is 1. The minimum Gasteiger partial charge on any atom is -0.454 e. The molecule has 76 valence electrons. The van der Waals surface area contributed by atoms with Gasteiger partial charge in [-0.25, -0.2) is 5.10 Å². The summed E-state index contributed by atoms with van der Waals surface area (Å²) in [7, 11) is 0. The number of benzene rings is 1. The van der Waals surface area contributed by atoms with E-state index in [-0.39, 0.29) is 5.56 Å². The molecule has 0 atom stereocenters. The Balaban J connectivity index is 2.30. The van der Waals surface area contributed by atoms with E-state index in [1.165, 1.54) is 12.3 Å². The van der Waals surface area contributed by atoms with Crippen LogP contribution in [-0.2, 0) is 0 Å². The summed E-state index contributed by atoms with van der Waals surface area (Å²) in [6.07, 6.45) is 1.41. The maximum atomic E-state index is 10.9. The lowest BCUT2D eigenvalue weighted by molar-refractivity contribution is 0.477. The zero-order chi connectivity index (χ0) is 10.7. The molecule has 0 aliphatic rings. The number of para-hydroxylation sites is 1. The summed E-state index contributed by atoms with van der Waals surface area (Å²) < 4.78 is 5.38. The van der Waals surface area contributed by atoms with Crippen molar-refractivity contribution in [3.63, 3.8) is 0 Å². The molecule has 15 heavy (non-hydrogen) atoms. The van der Waals surface area contributed by atoms with E-state index in [0.717, 1.165) is 0 Å². The van der Waals surface area contributed by atoms with Gasteiger partial charge in [-0.2, -0.15) is 5.10 Å². The molecule has 0 aliphatic carbocycles. The first kappa shape index (κ1) is 9.73. The average Bonchev–Trinajstić information content (AvgIpc) is 2.22. The third-order valence-corrected chi connectivity index (χ3v) is 2.02. The van der Waals surface area contributed by atoms with Crippen molar-refractivity contribution in [2.24, 2.45) is 0 Å². The second-order valence-corrected chi connectivity index (χ2v) is 3.22. The average molecular weight is 223 g/mol. The van der Waals surface area contributed by atoms with Gasteiger partial charge in [0.2, 0.25) is 0 Å². The smallest absolute Gasteiger partial charge is 0.267 e. The van der Waals surface area contributed by atoms with Crippen LogP contribution in [0.15, 0.2) is 41.3 Å². The van der Waals surface area contributed by atoms with E-state index >= 15 is 0 Å². The highest BCUT2D eigenvalue weighted by molar-refractivity contribution is 6.32. The van der Waals surface area contributed by atoms with Crippen molar-refractivity contribution in [3.05, 3.63) is 51.9 Å². The van der Waals surface area contributed by atoms with Crippen LogP contribution in [0.4, 0.5) is 0 Å². The number of halogens is 1. The molecule has 0 radical (unpaired) electrons. The number of hydrogen-bond acceptors (Lipinski definition) is 3. The first-order valence-corrected chi connectivity index (χ1v) is 4.60. The van der Waals surface area contributed by atoms with Gasteiger partial charge in [-0.05, 0) is 12.1 Å². The normalized spacial score (nSPS) is 9.93. The van der Waals surface area contributed by atoms with Crippen molar-refractivity contribution in [2.45, 2.75) is 0 Å². The van der Waals surface area contributed by atoms with E-state index in [0.29, 0.717) is 16.5 Å². The monoisotopic (exact) mass is 222 g/mol. The van der Waals surface area contributed by atoms with Crippen LogP contribution in [0.3, 0.4) is 0 Å². The second kappa shape index (κ2) is 4.14. The summed E-state index contributed by atoms with van der Waals surface area (Å²) in [5, 5.41) is 6.34. The van der Waals surface area contributed by atoms with E-state index in [1.54, 1.807) is 24.3 Å². The van der Waals surface area contributed by atoms with Crippen molar-refractivity contribution in [1.29, 1.82) is 0 Å². The zero-order valence-corrected chi connectivity index (χ0v) is 8.36. The Bertz CT molecular complexity index is 525. The van der Waals surface area contributed by atoms with Crippen LogP contribution in [-0.4, -0.2) is 10.2 Å². The number of ether oxygens (including phenoxy) is 1. The number of rotatable bonds is 2. The Hall–Kier alpha value is -1.81. The fourth-order valence-electron chi connectivity index (χ4n) is 1.07. The minimum atomic E-state index is -0.320. The number of H-pyrrole nitrogens is 1. The van der Waals surface area contributed by atoms with Gasteiger partial charge in [-0.15, -0.1) is 0 Å². The van der Waals surface area contributed by atoms with E-state index in [1.807, 2.05) is 0 Å². The molecule has 0 aliphatic heterocycles. The quantitative estimate of drug-likeness (QED) is 0.848. The minimum absolute atomic E-state index is 0.320. The van der Waals surface area contributed by atoms with Gasteiger partial charge in [0.25, 0.3) is 5.56 Å². The lowest BCUT2D eigenvalue weighted by Crippen LogP contribution is -2.05. The van der Waals surface area contributed by atoms with E-state index in [4.69, 9.17) is 16.3 Å².